The number of hydrogen-bond donors (Lipinski definition) is 4. The van der Waals surface area contributed by atoms with Gasteiger partial charge in [0.15, 0.2) is 0 Å². The van der Waals surface area contributed by atoms with Crippen LogP contribution in [0.3, 0.4) is 0 Å². The molecule has 4 nitrogen and oxygen atoms in total. The Morgan fingerprint density at radius 3 is 0.944 bits per heavy atom. The van der Waals surface area contributed by atoms with Gasteiger partial charge in [0.1, 0.15) is 0 Å². The summed E-state index contributed by atoms with van der Waals surface area (Å²) in [5.74, 6) is 0. The highest BCUT2D eigenvalue weighted by molar-refractivity contribution is 4.74. The van der Waals surface area contributed by atoms with Crippen LogP contribution < -0.4 is 21.3 Å². The number of nitrogens with one attached hydrogen (secondary N) is 4. The first-order chi connectivity index (χ1) is 8.58. The predicted octanol–water partition coefficient (Wildman–Crippen LogP) is 0.693. The average molecular weight is 256 g/mol. The SMILES string of the molecule is CC1CC(C)NCCNC(C)CC(C)NCCN1. The Morgan fingerprint density at radius 1 is 0.500 bits per heavy atom. The molecule has 4 unspecified atom stereocenters. The van der Waals surface area contributed by atoms with Crippen LogP contribution in [0.1, 0.15) is 40.5 Å². The maximum atomic E-state index is 3.58. The van der Waals surface area contributed by atoms with E-state index in [-0.39, 0.29) is 0 Å². The van der Waals surface area contributed by atoms with Crippen LogP contribution in [-0.2, 0) is 0 Å². The molecule has 1 aliphatic heterocycles. The van der Waals surface area contributed by atoms with Gasteiger partial charge in [0, 0.05) is 50.3 Å². The van der Waals surface area contributed by atoms with Crippen LogP contribution in [0.2, 0.25) is 0 Å². The van der Waals surface area contributed by atoms with Crippen LogP contribution in [0.25, 0.3) is 0 Å². The molecular weight excluding hydrogens is 224 g/mol. The molecule has 1 heterocycles. The topological polar surface area (TPSA) is 48.1 Å². The van der Waals surface area contributed by atoms with Crippen molar-refractivity contribution in [3.63, 3.8) is 0 Å². The zero-order chi connectivity index (χ0) is 13.4. The minimum atomic E-state index is 0.583. The smallest absolute Gasteiger partial charge is 0.00793 e. The normalized spacial score (nSPS) is 38.0. The standard InChI is InChI=1S/C14H32N4/c1-11-9-12(2)16-7-8-18-14(4)10-13(3)17-6-5-15-11/h11-18H,5-10H2,1-4H3. The fourth-order valence-corrected chi connectivity index (χ4v) is 2.67. The van der Waals surface area contributed by atoms with Gasteiger partial charge in [0.05, 0.1) is 0 Å². The van der Waals surface area contributed by atoms with E-state index in [4.69, 9.17) is 0 Å². The first-order valence-electron chi connectivity index (χ1n) is 7.51. The molecule has 0 amide bonds. The van der Waals surface area contributed by atoms with Crippen molar-refractivity contribution in [2.45, 2.75) is 64.7 Å². The van der Waals surface area contributed by atoms with Crippen molar-refractivity contribution in [3.8, 4) is 0 Å². The van der Waals surface area contributed by atoms with E-state index < -0.39 is 0 Å². The summed E-state index contributed by atoms with van der Waals surface area (Å²) in [6.45, 7) is 13.3. The van der Waals surface area contributed by atoms with Gasteiger partial charge in [-0.05, 0) is 40.5 Å². The summed E-state index contributed by atoms with van der Waals surface area (Å²) in [6, 6.07) is 2.33. The van der Waals surface area contributed by atoms with E-state index >= 15 is 0 Å². The Bertz CT molecular complexity index is 168. The van der Waals surface area contributed by atoms with Gasteiger partial charge in [-0.2, -0.15) is 0 Å². The lowest BCUT2D eigenvalue weighted by atomic mass is 10.1. The molecule has 108 valence electrons. The lowest BCUT2D eigenvalue weighted by Gasteiger charge is -2.24. The highest BCUT2D eigenvalue weighted by Gasteiger charge is 2.11. The lowest BCUT2D eigenvalue weighted by molar-refractivity contribution is 0.381. The summed E-state index contributed by atoms with van der Waals surface area (Å²) in [5, 5.41) is 14.3. The summed E-state index contributed by atoms with van der Waals surface area (Å²) >= 11 is 0. The van der Waals surface area contributed by atoms with Crippen molar-refractivity contribution in [3.05, 3.63) is 0 Å². The average Bonchev–Trinajstić information content (AvgIpc) is 2.29. The van der Waals surface area contributed by atoms with Crippen LogP contribution in [0.4, 0.5) is 0 Å². The van der Waals surface area contributed by atoms with Crippen molar-refractivity contribution < 1.29 is 0 Å². The van der Waals surface area contributed by atoms with E-state index in [1.807, 2.05) is 0 Å². The summed E-state index contributed by atoms with van der Waals surface area (Å²) in [6.07, 6.45) is 2.37. The van der Waals surface area contributed by atoms with Crippen LogP contribution in [0.5, 0.6) is 0 Å². The van der Waals surface area contributed by atoms with Crippen molar-refractivity contribution in [1.82, 2.24) is 21.3 Å². The molecule has 0 aromatic carbocycles. The molecule has 0 radical (unpaired) electrons. The third-order valence-electron chi connectivity index (χ3n) is 3.64. The second-order valence-electron chi connectivity index (χ2n) is 5.89. The van der Waals surface area contributed by atoms with Gasteiger partial charge in [-0.15, -0.1) is 0 Å². The van der Waals surface area contributed by atoms with E-state index in [0.717, 1.165) is 26.2 Å². The van der Waals surface area contributed by atoms with Crippen LogP contribution >= 0.6 is 0 Å². The van der Waals surface area contributed by atoms with Crippen LogP contribution in [-0.4, -0.2) is 50.3 Å². The first-order valence-corrected chi connectivity index (χ1v) is 7.51. The summed E-state index contributed by atoms with van der Waals surface area (Å²) in [5.41, 5.74) is 0. The van der Waals surface area contributed by atoms with E-state index in [9.17, 15) is 0 Å². The van der Waals surface area contributed by atoms with Crippen LogP contribution in [0, 0.1) is 0 Å². The Hall–Kier alpha value is -0.160. The first kappa shape index (κ1) is 15.9. The Morgan fingerprint density at radius 2 is 0.722 bits per heavy atom. The maximum absolute atomic E-state index is 3.58. The molecule has 0 saturated carbocycles. The molecular formula is C14H32N4. The van der Waals surface area contributed by atoms with E-state index in [1.54, 1.807) is 0 Å². The monoisotopic (exact) mass is 256 g/mol. The summed E-state index contributed by atoms with van der Waals surface area (Å²) in [7, 11) is 0. The molecule has 0 aliphatic carbocycles. The molecule has 1 saturated heterocycles. The van der Waals surface area contributed by atoms with Crippen LogP contribution in [0.15, 0.2) is 0 Å². The predicted molar refractivity (Wildman–Crippen MR) is 79.1 cm³/mol. The molecule has 0 spiro atoms. The zero-order valence-corrected chi connectivity index (χ0v) is 12.6. The minimum Gasteiger partial charge on any atom is -0.313 e. The maximum Gasteiger partial charge on any atom is 0.00793 e. The number of hydrogen-bond acceptors (Lipinski definition) is 4. The third kappa shape index (κ3) is 7.31. The fraction of sp³-hybridized carbons (Fsp3) is 1.00. The largest absolute Gasteiger partial charge is 0.313 e. The van der Waals surface area contributed by atoms with Crippen molar-refractivity contribution in [2.24, 2.45) is 0 Å². The number of rotatable bonds is 0. The van der Waals surface area contributed by atoms with E-state index in [2.05, 4.69) is 49.0 Å². The molecule has 0 aromatic rings. The molecule has 1 rings (SSSR count). The second-order valence-corrected chi connectivity index (χ2v) is 5.89. The summed E-state index contributed by atoms with van der Waals surface area (Å²) in [4.78, 5) is 0. The van der Waals surface area contributed by atoms with Gasteiger partial charge in [0.2, 0.25) is 0 Å². The van der Waals surface area contributed by atoms with Gasteiger partial charge in [0.25, 0.3) is 0 Å². The van der Waals surface area contributed by atoms with Gasteiger partial charge < -0.3 is 21.3 Å². The molecule has 1 aliphatic rings. The van der Waals surface area contributed by atoms with Gasteiger partial charge in [-0.1, -0.05) is 0 Å². The van der Waals surface area contributed by atoms with Crippen molar-refractivity contribution in [1.29, 1.82) is 0 Å². The highest BCUT2D eigenvalue weighted by atomic mass is 15.0. The Labute approximate surface area is 113 Å². The Kier molecular flexibility index (Phi) is 7.82. The molecule has 18 heavy (non-hydrogen) atoms. The van der Waals surface area contributed by atoms with E-state index in [1.165, 1.54) is 12.8 Å². The van der Waals surface area contributed by atoms with Crippen molar-refractivity contribution >= 4 is 0 Å². The minimum absolute atomic E-state index is 0.583. The van der Waals surface area contributed by atoms with Gasteiger partial charge in [-0.25, -0.2) is 0 Å². The van der Waals surface area contributed by atoms with Crippen molar-refractivity contribution in [2.75, 3.05) is 26.2 Å². The molecule has 4 heteroatoms. The molecule has 1 fully saturated rings. The zero-order valence-electron chi connectivity index (χ0n) is 12.6. The quantitative estimate of drug-likeness (QED) is 0.515. The molecule has 0 aromatic heterocycles. The van der Waals surface area contributed by atoms with Gasteiger partial charge >= 0.3 is 0 Å². The molecule has 4 N–H and O–H groups in total. The Balaban J connectivity index is 2.36. The lowest BCUT2D eigenvalue weighted by Crippen LogP contribution is -2.44. The van der Waals surface area contributed by atoms with Gasteiger partial charge in [-0.3, -0.25) is 0 Å². The fourth-order valence-electron chi connectivity index (χ4n) is 2.67. The molecule has 4 atom stereocenters. The molecule has 0 bridgehead atoms. The summed E-state index contributed by atoms with van der Waals surface area (Å²) < 4.78 is 0. The third-order valence-corrected chi connectivity index (χ3v) is 3.64. The highest BCUT2D eigenvalue weighted by Crippen LogP contribution is 1.99. The van der Waals surface area contributed by atoms with E-state index in [0.29, 0.717) is 24.2 Å². The second kappa shape index (κ2) is 8.86.